The first-order valence-electron chi connectivity index (χ1n) is 5.99. The highest BCUT2D eigenvalue weighted by Gasteiger charge is 2.44. The molecule has 1 N–H and O–H groups in total. The summed E-state index contributed by atoms with van der Waals surface area (Å²) in [6.45, 7) is 0.791. The van der Waals surface area contributed by atoms with Crippen molar-refractivity contribution in [1.82, 2.24) is 5.32 Å². The predicted octanol–water partition coefficient (Wildman–Crippen LogP) is -0.846. The first kappa shape index (κ1) is 12.0. The van der Waals surface area contributed by atoms with Crippen LogP contribution in [0.25, 0.3) is 0 Å². The summed E-state index contributed by atoms with van der Waals surface area (Å²) in [7, 11) is 0. The third-order valence-corrected chi connectivity index (χ3v) is 3.50. The summed E-state index contributed by atoms with van der Waals surface area (Å²) in [6.07, 6.45) is -0.176. The Kier molecular flexibility index (Phi) is 3.29. The van der Waals surface area contributed by atoms with E-state index in [0.717, 1.165) is 0 Å². The molecule has 0 aromatic heterocycles. The second-order valence-corrected chi connectivity index (χ2v) is 4.71. The number of ether oxygens (including phenoxy) is 4. The van der Waals surface area contributed by atoms with Crippen LogP contribution in [0, 0.1) is 5.92 Å². The standard InChI is InChI=1S/C11H15NO6/c13-8-1-6(2-9(14)12-8)10-11-7(16-5-18-10)3-15-4-17-11/h6-7,10-11H,1-5H2,(H,12,13,14)/t7-,10+,11+/m1/s1. The van der Waals surface area contributed by atoms with Crippen LogP contribution < -0.4 is 5.32 Å². The Morgan fingerprint density at radius 3 is 2.44 bits per heavy atom. The van der Waals surface area contributed by atoms with Gasteiger partial charge < -0.3 is 18.9 Å². The lowest BCUT2D eigenvalue weighted by atomic mass is 9.86. The van der Waals surface area contributed by atoms with Gasteiger partial charge in [-0.1, -0.05) is 0 Å². The Morgan fingerprint density at radius 1 is 0.944 bits per heavy atom. The molecule has 0 aromatic carbocycles. The molecule has 0 spiro atoms. The summed E-state index contributed by atoms with van der Waals surface area (Å²) in [5.41, 5.74) is 0. The van der Waals surface area contributed by atoms with Gasteiger partial charge in [0.15, 0.2) is 0 Å². The van der Waals surface area contributed by atoms with Crippen LogP contribution in [-0.4, -0.2) is 50.3 Å². The van der Waals surface area contributed by atoms with Gasteiger partial charge in [-0.3, -0.25) is 14.9 Å². The van der Waals surface area contributed by atoms with E-state index in [-0.39, 0.29) is 62.5 Å². The van der Waals surface area contributed by atoms with Crippen LogP contribution in [0.5, 0.6) is 0 Å². The van der Waals surface area contributed by atoms with Crippen LogP contribution in [-0.2, 0) is 28.5 Å². The van der Waals surface area contributed by atoms with E-state index in [1.807, 2.05) is 0 Å². The number of nitrogens with one attached hydrogen (secondary N) is 1. The molecule has 0 aliphatic carbocycles. The van der Waals surface area contributed by atoms with Crippen LogP contribution >= 0.6 is 0 Å². The molecule has 18 heavy (non-hydrogen) atoms. The molecule has 3 aliphatic heterocycles. The summed E-state index contributed by atoms with van der Waals surface area (Å²) in [4.78, 5) is 22.8. The third kappa shape index (κ3) is 2.26. The molecule has 3 rings (SSSR count). The van der Waals surface area contributed by atoms with Crippen molar-refractivity contribution in [2.45, 2.75) is 31.2 Å². The first-order chi connectivity index (χ1) is 8.74. The summed E-state index contributed by atoms with van der Waals surface area (Å²) >= 11 is 0. The fourth-order valence-electron chi connectivity index (χ4n) is 2.69. The number of amides is 2. The van der Waals surface area contributed by atoms with Gasteiger partial charge in [0.25, 0.3) is 0 Å². The first-order valence-corrected chi connectivity index (χ1v) is 5.99. The second-order valence-electron chi connectivity index (χ2n) is 4.71. The highest BCUT2D eigenvalue weighted by molar-refractivity contribution is 5.97. The molecule has 3 heterocycles. The van der Waals surface area contributed by atoms with Gasteiger partial charge in [-0.05, 0) is 0 Å². The molecule has 7 heteroatoms. The van der Waals surface area contributed by atoms with Crippen molar-refractivity contribution < 1.29 is 28.5 Å². The maximum absolute atomic E-state index is 11.4. The molecule has 3 aliphatic rings. The Morgan fingerprint density at radius 2 is 1.67 bits per heavy atom. The summed E-state index contributed by atoms with van der Waals surface area (Å²) in [5.74, 6) is -0.661. The van der Waals surface area contributed by atoms with Crippen molar-refractivity contribution in [1.29, 1.82) is 0 Å². The van der Waals surface area contributed by atoms with Gasteiger partial charge in [-0.25, -0.2) is 0 Å². The highest BCUT2D eigenvalue weighted by atomic mass is 16.7. The molecular weight excluding hydrogens is 242 g/mol. The topological polar surface area (TPSA) is 83.1 Å². The van der Waals surface area contributed by atoms with Gasteiger partial charge in [0, 0.05) is 18.8 Å². The minimum Gasteiger partial charge on any atom is -0.353 e. The van der Waals surface area contributed by atoms with Crippen LogP contribution in [0.1, 0.15) is 12.8 Å². The maximum atomic E-state index is 11.4. The normalized spacial score (nSPS) is 38.1. The lowest BCUT2D eigenvalue weighted by Crippen LogP contribution is -2.57. The van der Waals surface area contributed by atoms with Crippen LogP contribution in [0.3, 0.4) is 0 Å². The SMILES string of the molecule is O=C1CC([C@@H]2OCO[C@@H]3COCO[C@@H]32)CC(=O)N1. The fraction of sp³-hybridized carbons (Fsp3) is 0.818. The van der Waals surface area contributed by atoms with Crippen molar-refractivity contribution in [3.05, 3.63) is 0 Å². The van der Waals surface area contributed by atoms with Crippen molar-refractivity contribution in [2.75, 3.05) is 20.2 Å². The van der Waals surface area contributed by atoms with E-state index in [1.54, 1.807) is 0 Å². The predicted molar refractivity (Wildman–Crippen MR) is 56.2 cm³/mol. The minimum absolute atomic E-state index is 0.144. The molecule has 7 nitrogen and oxygen atoms in total. The average molecular weight is 257 g/mol. The number of carbonyl (C=O) groups is 2. The van der Waals surface area contributed by atoms with Gasteiger partial charge in [0.1, 0.15) is 25.8 Å². The molecule has 0 saturated carbocycles. The number of rotatable bonds is 1. The lowest BCUT2D eigenvalue weighted by molar-refractivity contribution is -0.309. The van der Waals surface area contributed by atoms with Gasteiger partial charge in [0.05, 0.1) is 12.7 Å². The highest BCUT2D eigenvalue weighted by Crippen LogP contribution is 2.30. The number of piperidine rings is 1. The van der Waals surface area contributed by atoms with E-state index in [9.17, 15) is 9.59 Å². The van der Waals surface area contributed by atoms with Crippen LogP contribution in [0.15, 0.2) is 0 Å². The van der Waals surface area contributed by atoms with Crippen molar-refractivity contribution in [3.8, 4) is 0 Å². The number of hydrogen-bond acceptors (Lipinski definition) is 6. The van der Waals surface area contributed by atoms with E-state index in [2.05, 4.69) is 5.32 Å². The lowest BCUT2D eigenvalue weighted by Gasteiger charge is -2.43. The molecule has 0 radical (unpaired) electrons. The Bertz CT molecular complexity index is 341. The van der Waals surface area contributed by atoms with Crippen molar-refractivity contribution in [2.24, 2.45) is 5.92 Å². The van der Waals surface area contributed by atoms with Crippen molar-refractivity contribution in [3.63, 3.8) is 0 Å². The number of imide groups is 1. The van der Waals surface area contributed by atoms with E-state index in [1.165, 1.54) is 0 Å². The Balaban J connectivity index is 1.73. The van der Waals surface area contributed by atoms with Crippen LogP contribution in [0.2, 0.25) is 0 Å². The van der Waals surface area contributed by atoms with E-state index in [4.69, 9.17) is 18.9 Å². The number of fused-ring (bicyclic) bond motifs is 1. The zero-order chi connectivity index (χ0) is 12.5. The average Bonchev–Trinajstić information content (AvgIpc) is 2.37. The second kappa shape index (κ2) is 4.93. The van der Waals surface area contributed by atoms with Gasteiger partial charge in [-0.2, -0.15) is 0 Å². The summed E-state index contributed by atoms with van der Waals surface area (Å²) < 4.78 is 21.6. The van der Waals surface area contributed by atoms with E-state index < -0.39 is 0 Å². The zero-order valence-corrected chi connectivity index (χ0v) is 9.79. The fourth-order valence-corrected chi connectivity index (χ4v) is 2.69. The summed E-state index contributed by atoms with van der Waals surface area (Å²) in [5, 5.41) is 2.29. The molecule has 3 fully saturated rings. The van der Waals surface area contributed by atoms with Gasteiger partial charge in [-0.15, -0.1) is 0 Å². The number of carbonyl (C=O) groups excluding carboxylic acids is 2. The molecule has 0 unspecified atom stereocenters. The van der Waals surface area contributed by atoms with E-state index >= 15 is 0 Å². The molecule has 3 saturated heterocycles. The molecule has 3 atom stereocenters. The van der Waals surface area contributed by atoms with Gasteiger partial charge >= 0.3 is 0 Å². The zero-order valence-electron chi connectivity index (χ0n) is 9.79. The van der Waals surface area contributed by atoms with E-state index in [0.29, 0.717) is 6.61 Å². The molecular formula is C11H15NO6. The minimum atomic E-state index is -0.289. The third-order valence-electron chi connectivity index (χ3n) is 3.50. The summed E-state index contributed by atoms with van der Waals surface area (Å²) in [6, 6.07) is 0. The molecule has 2 amide bonds. The largest absolute Gasteiger partial charge is 0.353 e. The monoisotopic (exact) mass is 257 g/mol. The number of hydrogen-bond donors (Lipinski definition) is 1. The van der Waals surface area contributed by atoms with Crippen LogP contribution in [0.4, 0.5) is 0 Å². The molecule has 100 valence electrons. The quantitative estimate of drug-likeness (QED) is 0.616. The Labute approximate surface area is 104 Å². The maximum Gasteiger partial charge on any atom is 0.226 e. The molecule has 0 bridgehead atoms. The van der Waals surface area contributed by atoms with Gasteiger partial charge in [0.2, 0.25) is 11.8 Å². The van der Waals surface area contributed by atoms with Crippen molar-refractivity contribution >= 4 is 11.8 Å². The smallest absolute Gasteiger partial charge is 0.226 e. The molecule has 0 aromatic rings. The Hall–Kier alpha value is -1.02.